The molecule has 1 aromatic carbocycles. The van der Waals surface area contributed by atoms with Crippen molar-refractivity contribution in [2.75, 3.05) is 23.3 Å². The summed E-state index contributed by atoms with van der Waals surface area (Å²) in [4.78, 5) is 10.7. The van der Waals surface area contributed by atoms with Crippen LogP contribution in [0.25, 0.3) is 0 Å². The first-order valence-electron chi connectivity index (χ1n) is 7.12. The fourth-order valence-electron chi connectivity index (χ4n) is 2.22. The number of rotatable bonds is 6. The number of hydrogen-bond acceptors (Lipinski definition) is 4. The number of aromatic nitrogens is 2. The van der Waals surface area contributed by atoms with Crippen LogP contribution in [-0.4, -0.2) is 23.1 Å². The van der Waals surface area contributed by atoms with Crippen LogP contribution in [0.5, 0.6) is 0 Å². The van der Waals surface area contributed by atoms with Crippen LogP contribution in [0.3, 0.4) is 0 Å². The van der Waals surface area contributed by atoms with E-state index in [1.165, 1.54) is 5.69 Å². The van der Waals surface area contributed by atoms with Crippen LogP contribution >= 0.6 is 0 Å². The van der Waals surface area contributed by atoms with E-state index in [1.54, 1.807) is 18.6 Å². The van der Waals surface area contributed by atoms with Crippen molar-refractivity contribution >= 4 is 11.4 Å². The minimum atomic E-state index is 0.142. The van der Waals surface area contributed by atoms with E-state index < -0.39 is 0 Å². The zero-order valence-corrected chi connectivity index (χ0v) is 12.4. The SMILES string of the molecule is CCN(CC)c1ccc(NC(C)c2cnccn2)cc1. The number of benzene rings is 1. The Labute approximate surface area is 120 Å². The van der Waals surface area contributed by atoms with Crippen LogP contribution in [0.15, 0.2) is 42.9 Å². The van der Waals surface area contributed by atoms with Gasteiger partial charge in [-0.15, -0.1) is 0 Å². The van der Waals surface area contributed by atoms with E-state index >= 15 is 0 Å². The van der Waals surface area contributed by atoms with Crippen molar-refractivity contribution in [2.45, 2.75) is 26.8 Å². The van der Waals surface area contributed by atoms with Gasteiger partial charge < -0.3 is 10.2 Å². The van der Waals surface area contributed by atoms with Crippen LogP contribution in [-0.2, 0) is 0 Å². The molecule has 4 heteroatoms. The van der Waals surface area contributed by atoms with Gasteiger partial charge in [-0.2, -0.15) is 0 Å². The monoisotopic (exact) mass is 270 g/mol. The van der Waals surface area contributed by atoms with Crippen molar-refractivity contribution in [3.8, 4) is 0 Å². The normalized spacial score (nSPS) is 11.9. The third kappa shape index (κ3) is 3.47. The second kappa shape index (κ2) is 6.89. The summed E-state index contributed by atoms with van der Waals surface area (Å²) in [5.41, 5.74) is 3.30. The zero-order chi connectivity index (χ0) is 14.4. The highest BCUT2D eigenvalue weighted by Gasteiger charge is 2.07. The standard InChI is InChI=1S/C16H22N4/c1-4-20(5-2)15-8-6-14(7-9-15)19-13(3)16-12-17-10-11-18-16/h6-13,19H,4-5H2,1-3H3. The smallest absolute Gasteiger partial charge is 0.0806 e. The topological polar surface area (TPSA) is 41.0 Å². The lowest BCUT2D eigenvalue weighted by molar-refractivity contribution is 0.827. The minimum Gasteiger partial charge on any atom is -0.377 e. The van der Waals surface area contributed by atoms with Crippen molar-refractivity contribution < 1.29 is 0 Å². The van der Waals surface area contributed by atoms with Gasteiger partial charge in [0.1, 0.15) is 0 Å². The molecule has 0 aliphatic rings. The van der Waals surface area contributed by atoms with E-state index in [4.69, 9.17) is 0 Å². The summed E-state index contributed by atoms with van der Waals surface area (Å²) < 4.78 is 0. The first-order valence-corrected chi connectivity index (χ1v) is 7.12. The number of hydrogen-bond donors (Lipinski definition) is 1. The molecule has 1 heterocycles. The lowest BCUT2D eigenvalue weighted by Gasteiger charge is -2.21. The summed E-state index contributed by atoms with van der Waals surface area (Å²) in [6.45, 7) is 8.48. The highest BCUT2D eigenvalue weighted by Crippen LogP contribution is 2.21. The molecule has 106 valence electrons. The third-order valence-electron chi connectivity index (χ3n) is 3.41. The summed E-state index contributed by atoms with van der Waals surface area (Å²) in [6.07, 6.45) is 5.20. The Morgan fingerprint density at radius 2 is 1.80 bits per heavy atom. The van der Waals surface area contributed by atoms with Crippen molar-refractivity contribution in [2.24, 2.45) is 0 Å². The maximum Gasteiger partial charge on any atom is 0.0806 e. The molecule has 4 nitrogen and oxygen atoms in total. The second-order valence-corrected chi connectivity index (χ2v) is 4.72. The number of nitrogens with zero attached hydrogens (tertiary/aromatic N) is 3. The van der Waals surface area contributed by atoms with E-state index in [9.17, 15) is 0 Å². The molecule has 0 radical (unpaired) electrons. The highest BCUT2D eigenvalue weighted by atomic mass is 15.1. The molecule has 1 N–H and O–H groups in total. The maximum absolute atomic E-state index is 4.31. The van der Waals surface area contributed by atoms with Gasteiger partial charge in [0.05, 0.1) is 17.9 Å². The highest BCUT2D eigenvalue weighted by molar-refractivity contribution is 5.55. The molecule has 1 aromatic heterocycles. The van der Waals surface area contributed by atoms with Crippen LogP contribution < -0.4 is 10.2 Å². The van der Waals surface area contributed by atoms with Crippen LogP contribution in [0, 0.1) is 0 Å². The summed E-state index contributed by atoms with van der Waals surface area (Å²) >= 11 is 0. The first-order chi connectivity index (χ1) is 9.74. The zero-order valence-electron chi connectivity index (χ0n) is 12.4. The van der Waals surface area contributed by atoms with Gasteiger partial charge in [0.15, 0.2) is 0 Å². The van der Waals surface area contributed by atoms with Gasteiger partial charge in [0.2, 0.25) is 0 Å². The van der Waals surface area contributed by atoms with Gasteiger partial charge in [0.25, 0.3) is 0 Å². The van der Waals surface area contributed by atoms with Gasteiger partial charge >= 0.3 is 0 Å². The molecule has 2 aromatic rings. The quantitative estimate of drug-likeness (QED) is 0.872. The molecule has 0 aliphatic heterocycles. The molecular formula is C16H22N4. The minimum absolute atomic E-state index is 0.142. The molecule has 20 heavy (non-hydrogen) atoms. The summed E-state index contributed by atoms with van der Waals surface area (Å²) in [5.74, 6) is 0. The predicted octanol–water partition coefficient (Wildman–Crippen LogP) is 3.50. The lowest BCUT2D eigenvalue weighted by atomic mass is 10.2. The molecule has 0 saturated heterocycles. The first kappa shape index (κ1) is 14.3. The Morgan fingerprint density at radius 3 is 2.35 bits per heavy atom. The van der Waals surface area contributed by atoms with Crippen molar-refractivity contribution in [1.29, 1.82) is 0 Å². The maximum atomic E-state index is 4.31. The molecule has 0 spiro atoms. The Kier molecular flexibility index (Phi) is 4.93. The fraction of sp³-hybridized carbons (Fsp3) is 0.375. The second-order valence-electron chi connectivity index (χ2n) is 4.72. The predicted molar refractivity (Wildman–Crippen MR) is 84.1 cm³/mol. The fourth-order valence-corrected chi connectivity index (χ4v) is 2.22. The van der Waals surface area contributed by atoms with Gasteiger partial charge in [0, 0.05) is 36.9 Å². The van der Waals surface area contributed by atoms with Crippen molar-refractivity contribution in [1.82, 2.24) is 9.97 Å². The average Bonchev–Trinajstić information content (AvgIpc) is 2.51. The molecule has 0 bridgehead atoms. The van der Waals surface area contributed by atoms with E-state index in [2.05, 4.69) is 65.2 Å². The summed E-state index contributed by atoms with van der Waals surface area (Å²) in [6, 6.07) is 8.67. The number of anilines is 2. The number of nitrogens with one attached hydrogen (secondary N) is 1. The average molecular weight is 270 g/mol. The van der Waals surface area contributed by atoms with E-state index in [1.807, 2.05) is 0 Å². The van der Waals surface area contributed by atoms with Gasteiger partial charge in [-0.1, -0.05) is 0 Å². The van der Waals surface area contributed by atoms with Crippen LogP contribution in [0.1, 0.15) is 32.5 Å². The van der Waals surface area contributed by atoms with E-state index in [0.717, 1.165) is 24.5 Å². The van der Waals surface area contributed by atoms with Crippen LogP contribution in [0.4, 0.5) is 11.4 Å². The Morgan fingerprint density at radius 1 is 1.10 bits per heavy atom. The van der Waals surface area contributed by atoms with Crippen LogP contribution in [0.2, 0.25) is 0 Å². The van der Waals surface area contributed by atoms with Crippen molar-refractivity contribution in [3.05, 3.63) is 48.5 Å². The van der Waals surface area contributed by atoms with Crippen molar-refractivity contribution in [3.63, 3.8) is 0 Å². The molecule has 1 unspecified atom stereocenters. The van der Waals surface area contributed by atoms with Gasteiger partial charge in [-0.25, -0.2) is 0 Å². The van der Waals surface area contributed by atoms with Gasteiger partial charge in [-0.3, -0.25) is 9.97 Å². The Balaban J connectivity index is 2.04. The molecule has 0 fully saturated rings. The lowest BCUT2D eigenvalue weighted by Crippen LogP contribution is -2.21. The van der Waals surface area contributed by atoms with Gasteiger partial charge in [-0.05, 0) is 45.0 Å². The van der Waals surface area contributed by atoms with E-state index in [-0.39, 0.29) is 6.04 Å². The molecule has 2 rings (SSSR count). The third-order valence-corrected chi connectivity index (χ3v) is 3.41. The summed E-state index contributed by atoms with van der Waals surface area (Å²) in [7, 11) is 0. The van der Waals surface area contributed by atoms with E-state index in [0.29, 0.717) is 0 Å². The molecule has 0 saturated carbocycles. The molecule has 1 atom stereocenters. The Bertz CT molecular complexity index is 506. The molecule has 0 aliphatic carbocycles. The Hall–Kier alpha value is -2.10. The molecule has 0 amide bonds. The molecular weight excluding hydrogens is 248 g/mol. The largest absolute Gasteiger partial charge is 0.377 e. The summed E-state index contributed by atoms with van der Waals surface area (Å²) in [5, 5.41) is 3.44.